The number of hydrogen-bond acceptors (Lipinski definition) is 4. The van der Waals surface area contributed by atoms with Crippen LogP contribution in [0.25, 0.3) is 0 Å². The molecule has 0 bridgehead atoms. The van der Waals surface area contributed by atoms with Gasteiger partial charge in [0.1, 0.15) is 12.6 Å². The molecule has 0 saturated carbocycles. The molecule has 0 saturated heterocycles. The molecule has 0 aliphatic heterocycles. The molecule has 1 atom stereocenters. The van der Waals surface area contributed by atoms with Crippen molar-refractivity contribution in [3.63, 3.8) is 0 Å². The number of amides is 2. The smallest absolute Gasteiger partial charge is 0.244 e. The van der Waals surface area contributed by atoms with Gasteiger partial charge in [0.05, 0.1) is 11.9 Å². The first-order valence-corrected chi connectivity index (χ1v) is 14.0. The highest BCUT2D eigenvalue weighted by Gasteiger charge is 2.32. The summed E-state index contributed by atoms with van der Waals surface area (Å²) < 4.78 is 26.5. The van der Waals surface area contributed by atoms with Gasteiger partial charge < -0.3 is 10.2 Å². The fourth-order valence-corrected chi connectivity index (χ4v) is 4.70. The summed E-state index contributed by atoms with van der Waals surface area (Å²) in [5, 5.41) is 3.43. The van der Waals surface area contributed by atoms with Crippen molar-refractivity contribution < 1.29 is 18.0 Å². The molecule has 192 valence electrons. The summed E-state index contributed by atoms with van der Waals surface area (Å²) in [5.74, 6) is -0.460. The fourth-order valence-electron chi connectivity index (χ4n) is 3.73. The summed E-state index contributed by atoms with van der Waals surface area (Å²) >= 11 is 6.01. The maximum absolute atomic E-state index is 13.6. The molecule has 0 heterocycles. The van der Waals surface area contributed by atoms with Crippen LogP contribution in [0.5, 0.6) is 0 Å². The van der Waals surface area contributed by atoms with Crippen LogP contribution in [0.2, 0.25) is 5.02 Å². The van der Waals surface area contributed by atoms with Crippen LogP contribution < -0.4 is 9.62 Å². The van der Waals surface area contributed by atoms with E-state index >= 15 is 0 Å². The van der Waals surface area contributed by atoms with Crippen molar-refractivity contribution in [3.8, 4) is 0 Å². The number of anilines is 1. The quantitative estimate of drug-likeness (QED) is 0.469. The maximum Gasteiger partial charge on any atom is 0.244 e. The Labute approximate surface area is 214 Å². The third kappa shape index (κ3) is 8.25. The van der Waals surface area contributed by atoms with Gasteiger partial charge in [0.15, 0.2) is 0 Å². The van der Waals surface area contributed by atoms with Gasteiger partial charge in [0.25, 0.3) is 0 Å². The van der Waals surface area contributed by atoms with Crippen molar-refractivity contribution in [1.29, 1.82) is 0 Å². The molecule has 2 amide bonds. The molecule has 0 aromatic heterocycles. The van der Waals surface area contributed by atoms with Crippen molar-refractivity contribution in [2.75, 3.05) is 17.1 Å². The van der Waals surface area contributed by atoms with Crippen molar-refractivity contribution in [2.45, 2.75) is 65.6 Å². The highest BCUT2D eigenvalue weighted by atomic mass is 35.5. The van der Waals surface area contributed by atoms with Crippen LogP contribution in [0.3, 0.4) is 0 Å². The standard InChI is InChI=1S/C26H36ClN3O4S/c1-7-24(26(32)28-19(4)5)29(16-20-8-12-22(27)13-9-20)25(31)17-30(35(6,33)34)23-14-10-21(11-15-23)18(2)3/h8-15,18-19,24H,7,16-17H2,1-6H3,(H,28,32)/t24-/m0/s1. The molecule has 0 spiro atoms. The maximum atomic E-state index is 13.6. The highest BCUT2D eigenvalue weighted by Crippen LogP contribution is 2.23. The monoisotopic (exact) mass is 521 g/mol. The van der Waals surface area contributed by atoms with Crippen molar-refractivity contribution in [1.82, 2.24) is 10.2 Å². The van der Waals surface area contributed by atoms with Gasteiger partial charge >= 0.3 is 0 Å². The summed E-state index contributed by atoms with van der Waals surface area (Å²) in [5.41, 5.74) is 2.25. The van der Waals surface area contributed by atoms with Crippen LogP contribution in [-0.4, -0.2) is 50.0 Å². The zero-order chi connectivity index (χ0) is 26.3. The number of nitrogens with zero attached hydrogens (tertiary/aromatic N) is 2. The third-order valence-corrected chi connectivity index (χ3v) is 7.00. The molecule has 35 heavy (non-hydrogen) atoms. The summed E-state index contributed by atoms with van der Waals surface area (Å²) in [4.78, 5) is 28.0. The summed E-state index contributed by atoms with van der Waals surface area (Å²) in [6, 6.07) is 13.3. The molecule has 0 fully saturated rings. The van der Waals surface area contributed by atoms with Crippen LogP contribution in [-0.2, 0) is 26.2 Å². The minimum absolute atomic E-state index is 0.101. The first-order chi connectivity index (χ1) is 16.3. The zero-order valence-electron chi connectivity index (χ0n) is 21.3. The van der Waals surface area contributed by atoms with Gasteiger partial charge in [-0.3, -0.25) is 13.9 Å². The number of carbonyl (C=O) groups is 2. The predicted molar refractivity (Wildman–Crippen MR) is 142 cm³/mol. The van der Waals surface area contributed by atoms with Gasteiger partial charge in [-0.2, -0.15) is 0 Å². The van der Waals surface area contributed by atoms with E-state index in [-0.39, 0.29) is 24.4 Å². The van der Waals surface area contributed by atoms with E-state index in [4.69, 9.17) is 11.6 Å². The molecule has 0 radical (unpaired) electrons. The number of rotatable bonds is 11. The second-order valence-electron chi connectivity index (χ2n) is 9.25. The van der Waals surface area contributed by atoms with E-state index in [9.17, 15) is 18.0 Å². The van der Waals surface area contributed by atoms with Gasteiger partial charge in [-0.15, -0.1) is 0 Å². The van der Waals surface area contributed by atoms with E-state index in [1.807, 2.05) is 32.9 Å². The molecule has 9 heteroatoms. The average Bonchev–Trinajstić information content (AvgIpc) is 2.77. The number of carbonyl (C=O) groups excluding carboxylic acids is 2. The lowest BCUT2D eigenvalue weighted by Crippen LogP contribution is -2.53. The normalized spacial score (nSPS) is 12.5. The number of sulfonamides is 1. The summed E-state index contributed by atoms with van der Waals surface area (Å²) in [7, 11) is -3.76. The Kier molecular flexibility index (Phi) is 10.2. The lowest BCUT2D eigenvalue weighted by atomic mass is 10.0. The van der Waals surface area contributed by atoms with E-state index in [0.29, 0.717) is 17.1 Å². The van der Waals surface area contributed by atoms with Gasteiger partial charge in [-0.25, -0.2) is 8.42 Å². The molecule has 2 aromatic carbocycles. The van der Waals surface area contributed by atoms with Crippen LogP contribution >= 0.6 is 11.6 Å². The molecular weight excluding hydrogens is 486 g/mol. The molecule has 7 nitrogen and oxygen atoms in total. The molecule has 0 aliphatic carbocycles. The van der Waals surface area contributed by atoms with Crippen LogP contribution in [0.1, 0.15) is 58.1 Å². The van der Waals surface area contributed by atoms with Crippen LogP contribution in [0, 0.1) is 0 Å². The Morgan fingerprint density at radius 1 is 0.971 bits per heavy atom. The average molecular weight is 522 g/mol. The fraction of sp³-hybridized carbons (Fsp3) is 0.462. The largest absolute Gasteiger partial charge is 0.352 e. The highest BCUT2D eigenvalue weighted by molar-refractivity contribution is 7.92. The molecule has 0 unspecified atom stereocenters. The molecule has 0 aliphatic rings. The number of halogens is 1. The number of nitrogens with one attached hydrogen (secondary N) is 1. The lowest BCUT2D eigenvalue weighted by molar-refractivity contribution is -0.140. The van der Waals surface area contributed by atoms with Crippen molar-refractivity contribution in [3.05, 3.63) is 64.7 Å². The Bertz CT molecular complexity index is 1100. The molecule has 2 aromatic rings. The number of benzene rings is 2. The molecule has 1 N–H and O–H groups in total. The Morgan fingerprint density at radius 2 is 1.54 bits per heavy atom. The lowest BCUT2D eigenvalue weighted by Gasteiger charge is -2.33. The molecule has 2 rings (SSSR count). The van der Waals surface area contributed by atoms with Crippen LogP contribution in [0.15, 0.2) is 48.5 Å². The van der Waals surface area contributed by atoms with Gasteiger partial charge in [0.2, 0.25) is 21.8 Å². The zero-order valence-corrected chi connectivity index (χ0v) is 22.9. The van der Waals surface area contributed by atoms with Gasteiger partial charge in [0, 0.05) is 17.6 Å². The molecular formula is C26H36ClN3O4S. The minimum Gasteiger partial charge on any atom is -0.352 e. The second-order valence-corrected chi connectivity index (χ2v) is 11.6. The van der Waals surface area contributed by atoms with Gasteiger partial charge in [-0.05, 0) is 61.6 Å². The van der Waals surface area contributed by atoms with E-state index in [2.05, 4.69) is 19.2 Å². The minimum atomic E-state index is -3.76. The predicted octanol–water partition coefficient (Wildman–Crippen LogP) is 4.56. The van der Waals surface area contributed by atoms with Crippen LogP contribution in [0.4, 0.5) is 5.69 Å². The summed E-state index contributed by atoms with van der Waals surface area (Å²) in [6.07, 6.45) is 1.45. The van der Waals surface area contributed by atoms with Crippen molar-refractivity contribution >= 4 is 39.1 Å². The Balaban J connectivity index is 2.42. The van der Waals surface area contributed by atoms with Gasteiger partial charge in [-0.1, -0.05) is 56.6 Å². The second kappa shape index (κ2) is 12.4. The van der Waals surface area contributed by atoms with E-state index in [1.54, 1.807) is 36.4 Å². The third-order valence-electron chi connectivity index (χ3n) is 5.61. The Hall–Kier alpha value is -2.58. The topological polar surface area (TPSA) is 86.8 Å². The van der Waals surface area contributed by atoms with E-state index in [1.165, 1.54) is 4.90 Å². The Morgan fingerprint density at radius 3 is 2.00 bits per heavy atom. The van der Waals surface area contributed by atoms with E-state index in [0.717, 1.165) is 21.7 Å². The SMILES string of the molecule is CC[C@@H](C(=O)NC(C)C)N(Cc1ccc(Cl)cc1)C(=O)CN(c1ccc(C(C)C)cc1)S(C)(=O)=O. The number of hydrogen-bond donors (Lipinski definition) is 1. The van der Waals surface area contributed by atoms with Crippen molar-refractivity contribution in [2.24, 2.45) is 0 Å². The van der Waals surface area contributed by atoms with E-state index < -0.39 is 28.5 Å². The first kappa shape index (κ1) is 28.7. The first-order valence-electron chi connectivity index (χ1n) is 11.7. The summed E-state index contributed by atoms with van der Waals surface area (Å²) in [6.45, 7) is 9.35.